The minimum Gasteiger partial charge on any atom is -0.289 e. The summed E-state index contributed by atoms with van der Waals surface area (Å²) in [6.45, 7) is 0. The number of anilines is 1. The molecule has 3 aliphatic rings. The molecule has 5 rings (SSSR count). The van der Waals surface area contributed by atoms with Crippen molar-refractivity contribution in [2.45, 2.75) is 6.42 Å². The largest absolute Gasteiger partial charge is 0.289 e. The van der Waals surface area contributed by atoms with E-state index < -0.39 is 0 Å². The number of rotatable bonds is 4. The molecule has 28 heavy (non-hydrogen) atoms. The van der Waals surface area contributed by atoms with Gasteiger partial charge in [-0.05, 0) is 42.0 Å². The molecule has 4 nitrogen and oxygen atoms in total. The zero-order chi connectivity index (χ0) is 19.3. The van der Waals surface area contributed by atoms with Crippen LogP contribution < -0.4 is 4.90 Å². The van der Waals surface area contributed by atoms with E-state index in [1.54, 1.807) is 30.3 Å². The van der Waals surface area contributed by atoms with Crippen molar-refractivity contribution in [2.75, 3.05) is 4.90 Å². The predicted octanol–water partition coefficient (Wildman–Crippen LogP) is 3.89. The molecule has 0 radical (unpaired) electrons. The van der Waals surface area contributed by atoms with Crippen LogP contribution in [0.4, 0.5) is 5.69 Å². The number of fused-ring (bicyclic) bond motifs is 5. The van der Waals surface area contributed by atoms with E-state index in [4.69, 9.17) is 0 Å². The lowest BCUT2D eigenvalue weighted by atomic mass is 9.85. The predicted molar refractivity (Wildman–Crippen MR) is 106 cm³/mol. The highest BCUT2D eigenvalue weighted by Gasteiger charge is 2.59. The van der Waals surface area contributed by atoms with Gasteiger partial charge >= 0.3 is 0 Å². The highest BCUT2D eigenvalue weighted by molar-refractivity contribution is 6.22. The summed E-state index contributed by atoms with van der Waals surface area (Å²) in [6.07, 6.45) is 8.39. The molecular formula is C24H19NO3. The van der Waals surface area contributed by atoms with Crippen molar-refractivity contribution in [1.29, 1.82) is 0 Å². The lowest BCUT2D eigenvalue weighted by molar-refractivity contribution is -0.123. The number of hydrogen-bond donors (Lipinski definition) is 0. The molecular weight excluding hydrogens is 350 g/mol. The summed E-state index contributed by atoms with van der Waals surface area (Å²) in [5.41, 5.74) is 2.09. The van der Waals surface area contributed by atoms with Crippen LogP contribution in [0.1, 0.15) is 22.3 Å². The Morgan fingerprint density at radius 2 is 1.46 bits per heavy atom. The zero-order valence-corrected chi connectivity index (χ0v) is 15.2. The van der Waals surface area contributed by atoms with Crippen LogP contribution in [0, 0.1) is 23.7 Å². The number of allylic oxidation sites excluding steroid dienone is 3. The summed E-state index contributed by atoms with van der Waals surface area (Å²) in [7, 11) is 0. The number of ketones is 1. The monoisotopic (exact) mass is 369 g/mol. The summed E-state index contributed by atoms with van der Waals surface area (Å²) in [6, 6.07) is 16.3. The van der Waals surface area contributed by atoms with E-state index in [-0.39, 0.29) is 41.3 Å². The van der Waals surface area contributed by atoms with Gasteiger partial charge in [0.25, 0.3) is 0 Å². The van der Waals surface area contributed by atoms with Crippen molar-refractivity contribution >= 4 is 29.4 Å². The van der Waals surface area contributed by atoms with E-state index in [0.29, 0.717) is 11.3 Å². The fourth-order valence-electron chi connectivity index (χ4n) is 4.76. The van der Waals surface area contributed by atoms with Gasteiger partial charge in [-0.2, -0.15) is 0 Å². The Bertz CT molecular complexity index is 990. The molecule has 4 heteroatoms. The molecule has 1 saturated carbocycles. The molecule has 1 heterocycles. The number of nitrogens with zero attached hydrogens (tertiary/aromatic N) is 1. The topological polar surface area (TPSA) is 54.5 Å². The Labute approximate surface area is 163 Å². The smallest absolute Gasteiger partial charge is 0.238 e. The van der Waals surface area contributed by atoms with E-state index >= 15 is 0 Å². The molecule has 2 fully saturated rings. The van der Waals surface area contributed by atoms with Gasteiger partial charge in [0.1, 0.15) is 0 Å². The minimum atomic E-state index is -0.189. The fourth-order valence-corrected chi connectivity index (χ4v) is 4.76. The molecule has 0 N–H and O–H groups in total. The van der Waals surface area contributed by atoms with Gasteiger partial charge in [0.05, 0.1) is 17.5 Å². The molecule has 2 aromatic carbocycles. The SMILES string of the molecule is O=C(/C=C/c1ccc(N2C(=O)[C@@H]3[C@H](C2=O)[C@@H]2C=C[C@H]3C2)cc1)c1ccccc1. The van der Waals surface area contributed by atoms with Crippen LogP contribution in [0.5, 0.6) is 0 Å². The Morgan fingerprint density at radius 3 is 2.07 bits per heavy atom. The number of benzene rings is 2. The van der Waals surface area contributed by atoms with Gasteiger partial charge in [0, 0.05) is 5.56 Å². The van der Waals surface area contributed by atoms with Gasteiger partial charge in [-0.3, -0.25) is 19.3 Å². The lowest BCUT2D eigenvalue weighted by Crippen LogP contribution is -2.32. The van der Waals surface area contributed by atoms with Crippen LogP contribution >= 0.6 is 0 Å². The number of imide groups is 1. The van der Waals surface area contributed by atoms with Gasteiger partial charge in [0.15, 0.2) is 5.78 Å². The van der Waals surface area contributed by atoms with Crippen LogP contribution in [0.3, 0.4) is 0 Å². The van der Waals surface area contributed by atoms with E-state index in [2.05, 4.69) is 12.2 Å². The first kappa shape index (κ1) is 16.9. The van der Waals surface area contributed by atoms with Gasteiger partial charge in [0.2, 0.25) is 11.8 Å². The molecule has 0 aromatic heterocycles. The molecule has 4 atom stereocenters. The third-order valence-corrected chi connectivity index (χ3v) is 6.11. The second-order valence-electron chi connectivity index (χ2n) is 7.67. The summed E-state index contributed by atoms with van der Waals surface area (Å²) < 4.78 is 0. The Balaban J connectivity index is 1.33. The quantitative estimate of drug-likeness (QED) is 0.356. The van der Waals surface area contributed by atoms with Crippen LogP contribution in [0.25, 0.3) is 6.08 Å². The van der Waals surface area contributed by atoms with Gasteiger partial charge in [-0.25, -0.2) is 0 Å². The molecule has 0 unspecified atom stereocenters. The van der Waals surface area contributed by atoms with Crippen molar-refractivity contribution in [1.82, 2.24) is 0 Å². The van der Waals surface area contributed by atoms with E-state index in [1.165, 1.54) is 11.0 Å². The summed E-state index contributed by atoms with van der Waals surface area (Å²) in [4.78, 5) is 39.2. The van der Waals surface area contributed by atoms with Crippen molar-refractivity contribution in [3.05, 3.63) is 84.0 Å². The molecule has 1 aliphatic heterocycles. The van der Waals surface area contributed by atoms with Crippen molar-refractivity contribution in [2.24, 2.45) is 23.7 Å². The highest BCUT2D eigenvalue weighted by Crippen LogP contribution is 2.53. The molecule has 138 valence electrons. The highest BCUT2D eigenvalue weighted by atomic mass is 16.2. The molecule has 2 bridgehead atoms. The summed E-state index contributed by atoms with van der Waals surface area (Å²) in [5, 5.41) is 0. The minimum absolute atomic E-state index is 0.0645. The number of hydrogen-bond acceptors (Lipinski definition) is 3. The van der Waals surface area contributed by atoms with Crippen molar-refractivity contribution < 1.29 is 14.4 Å². The average Bonchev–Trinajstić information content (AvgIpc) is 3.41. The van der Waals surface area contributed by atoms with Crippen LogP contribution in [0.2, 0.25) is 0 Å². The lowest BCUT2D eigenvalue weighted by Gasteiger charge is -2.17. The van der Waals surface area contributed by atoms with Crippen LogP contribution in [-0.2, 0) is 9.59 Å². The van der Waals surface area contributed by atoms with Gasteiger partial charge in [-0.15, -0.1) is 0 Å². The van der Waals surface area contributed by atoms with Crippen LogP contribution in [-0.4, -0.2) is 17.6 Å². The molecule has 1 saturated heterocycles. The standard InChI is InChI=1S/C24H19NO3/c26-20(16-4-2-1-3-5-16)13-8-15-6-11-19(12-7-15)25-23(27)21-17-9-10-18(14-17)22(21)24(25)28/h1-13,17-18,21-22H,14H2/b13-8+/t17-,18+,21-,22+. The molecule has 2 amide bonds. The maximum absolute atomic E-state index is 12.9. The Hall–Kier alpha value is -3.27. The van der Waals surface area contributed by atoms with Crippen molar-refractivity contribution in [3.63, 3.8) is 0 Å². The van der Waals surface area contributed by atoms with Crippen molar-refractivity contribution in [3.8, 4) is 0 Å². The maximum Gasteiger partial charge on any atom is 0.238 e. The van der Waals surface area contributed by atoms with E-state index in [1.807, 2.05) is 30.3 Å². The van der Waals surface area contributed by atoms with E-state index in [9.17, 15) is 14.4 Å². The second-order valence-corrected chi connectivity index (χ2v) is 7.67. The third-order valence-electron chi connectivity index (χ3n) is 6.11. The first-order valence-electron chi connectivity index (χ1n) is 9.57. The van der Waals surface area contributed by atoms with Gasteiger partial charge < -0.3 is 0 Å². The third kappa shape index (κ3) is 2.56. The zero-order valence-electron chi connectivity index (χ0n) is 15.2. The number of carbonyl (C=O) groups excluding carboxylic acids is 3. The average molecular weight is 369 g/mol. The second kappa shape index (κ2) is 6.41. The summed E-state index contributed by atoms with van der Waals surface area (Å²) in [5.74, 6) is -0.171. The maximum atomic E-state index is 12.9. The van der Waals surface area contributed by atoms with Gasteiger partial charge in [-0.1, -0.05) is 60.7 Å². The number of amides is 2. The molecule has 2 aromatic rings. The molecule has 2 aliphatic carbocycles. The van der Waals surface area contributed by atoms with Crippen LogP contribution in [0.15, 0.2) is 72.8 Å². The first-order valence-corrected chi connectivity index (χ1v) is 9.57. The number of carbonyl (C=O) groups is 3. The molecule has 0 spiro atoms. The Morgan fingerprint density at radius 1 is 0.857 bits per heavy atom. The normalized spacial score (nSPS) is 27.8. The Kier molecular flexibility index (Phi) is 3.86. The van der Waals surface area contributed by atoms with E-state index in [0.717, 1.165) is 12.0 Å². The fraction of sp³-hybridized carbons (Fsp3) is 0.208. The summed E-state index contributed by atoms with van der Waals surface area (Å²) >= 11 is 0. The first-order chi connectivity index (χ1) is 13.6.